The Balaban J connectivity index is 2.04. The predicted molar refractivity (Wildman–Crippen MR) is 91.9 cm³/mol. The van der Waals surface area contributed by atoms with Crippen LogP contribution in [0, 0.1) is 13.8 Å². The third kappa shape index (κ3) is 4.08. The molecule has 0 aliphatic rings. The summed E-state index contributed by atoms with van der Waals surface area (Å²) in [6.45, 7) is 4.22. The van der Waals surface area contributed by atoms with Crippen molar-refractivity contribution in [3.63, 3.8) is 0 Å². The summed E-state index contributed by atoms with van der Waals surface area (Å²) in [6.07, 6.45) is 1.91. The Kier molecular flexibility index (Phi) is 5.43. The second-order valence-electron chi connectivity index (χ2n) is 5.45. The van der Waals surface area contributed by atoms with Crippen LogP contribution in [0.1, 0.15) is 34.7 Å². The van der Waals surface area contributed by atoms with Gasteiger partial charge in [0, 0.05) is 10.5 Å². The number of aryl methyl sites for hydroxylation is 3. The van der Waals surface area contributed by atoms with Gasteiger partial charge in [-0.2, -0.15) is 0 Å². The van der Waals surface area contributed by atoms with Crippen LogP contribution in [-0.4, -0.2) is 7.11 Å². The van der Waals surface area contributed by atoms with E-state index in [9.17, 15) is 0 Å². The fraction of sp³-hybridized carbons (Fsp3) is 0.333. The van der Waals surface area contributed by atoms with E-state index in [0.717, 1.165) is 23.1 Å². The molecule has 2 rings (SSSR count). The molecule has 0 saturated heterocycles. The molecule has 112 valence electrons. The second kappa shape index (κ2) is 7.10. The van der Waals surface area contributed by atoms with Crippen LogP contribution in [0.15, 0.2) is 40.9 Å². The lowest BCUT2D eigenvalue weighted by Gasteiger charge is -2.16. The van der Waals surface area contributed by atoms with Gasteiger partial charge in [-0.15, -0.1) is 0 Å². The molecule has 0 bridgehead atoms. The molecule has 0 fully saturated rings. The summed E-state index contributed by atoms with van der Waals surface area (Å²) in [4.78, 5) is 0. The Hall–Kier alpha value is -1.32. The van der Waals surface area contributed by atoms with Gasteiger partial charge in [0.15, 0.2) is 0 Å². The van der Waals surface area contributed by atoms with E-state index in [4.69, 9.17) is 10.5 Å². The maximum atomic E-state index is 6.38. The van der Waals surface area contributed by atoms with Crippen molar-refractivity contribution in [2.75, 3.05) is 7.11 Å². The molecule has 0 aromatic heterocycles. The molecule has 2 aromatic carbocycles. The first-order chi connectivity index (χ1) is 10.0. The third-order valence-electron chi connectivity index (χ3n) is 3.85. The first-order valence-corrected chi connectivity index (χ1v) is 7.95. The molecule has 0 aliphatic heterocycles. The fourth-order valence-electron chi connectivity index (χ4n) is 2.47. The van der Waals surface area contributed by atoms with Crippen LogP contribution in [0.5, 0.6) is 5.75 Å². The van der Waals surface area contributed by atoms with Crippen LogP contribution in [0.3, 0.4) is 0 Å². The Bertz CT molecular complexity index is 607. The van der Waals surface area contributed by atoms with Crippen LogP contribution in [0.4, 0.5) is 0 Å². The van der Waals surface area contributed by atoms with Crippen LogP contribution in [0.25, 0.3) is 0 Å². The molecule has 0 amide bonds. The third-order valence-corrected chi connectivity index (χ3v) is 4.70. The maximum Gasteiger partial charge on any atom is 0.118 e. The molecule has 21 heavy (non-hydrogen) atoms. The molecule has 2 N–H and O–H groups in total. The highest BCUT2D eigenvalue weighted by molar-refractivity contribution is 9.10. The highest BCUT2D eigenvalue weighted by atomic mass is 79.9. The van der Waals surface area contributed by atoms with Gasteiger partial charge < -0.3 is 10.5 Å². The molecular weight excluding hydrogens is 326 g/mol. The lowest BCUT2D eigenvalue weighted by Crippen LogP contribution is -2.13. The minimum absolute atomic E-state index is 0.0684. The van der Waals surface area contributed by atoms with Crippen LogP contribution in [0.2, 0.25) is 0 Å². The second-order valence-corrected chi connectivity index (χ2v) is 6.31. The smallest absolute Gasteiger partial charge is 0.118 e. The normalized spacial score (nSPS) is 12.2. The van der Waals surface area contributed by atoms with E-state index in [-0.39, 0.29) is 6.04 Å². The van der Waals surface area contributed by atoms with Gasteiger partial charge in [-0.1, -0.05) is 34.1 Å². The first-order valence-electron chi connectivity index (χ1n) is 7.16. The summed E-state index contributed by atoms with van der Waals surface area (Å²) < 4.78 is 6.32. The van der Waals surface area contributed by atoms with Gasteiger partial charge in [0.1, 0.15) is 5.75 Å². The lowest BCUT2D eigenvalue weighted by molar-refractivity contribution is 0.414. The van der Waals surface area contributed by atoms with Crippen molar-refractivity contribution in [2.45, 2.75) is 32.7 Å². The van der Waals surface area contributed by atoms with E-state index in [0.29, 0.717) is 0 Å². The predicted octanol–water partition coefficient (Wildman–Crippen LogP) is 4.71. The number of nitrogens with two attached hydrogens (primary N) is 1. The minimum atomic E-state index is 0.0684. The number of rotatable bonds is 5. The summed E-state index contributed by atoms with van der Waals surface area (Å²) in [5.41, 5.74) is 11.4. The molecule has 0 spiro atoms. The average Bonchev–Trinajstić information content (AvgIpc) is 2.49. The molecule has 0 radical (unpaired) electrons. The van der Waals surface area contributed by atoms with Crippen LogP contribution < -0.4 is 10.5 Å². The van der Waals surface area contributed by atoms with Crippen molar-refractivity contribution in [3.8, 4) is 5.75 Å². The van der Waals surface area contributed by atoms with Gasteiger partial charge in [-0.3, -0.25) is 0 Å². The summed E-state index contributed by atoms with van der Waals surface area (Å²) in [5.74, 6) is 0.891. The zero-order valence-electron chi connectivity index (χ0n) is 12.8. The van der Waals surface area contributed by atoms with Gasteiger partial charge in [0.05, 0.1) is 7.11 Å². The van der Waals surface area contributed by atoms with Crippen molar-refractivity contribution in [3.05, 3.63) is 63.1 Å². The van der Waals surface area contributed by atoms with Gasteiger partial charge >= 0.3 is 0 Å². The van der Waals surface area contributed by atoms with Gasteiger partial charge in [0.2, 0.25) is 0 Å². The Morgan fingerprint density at radius 3 is 2.38 bits per heavy atom. The van der Waals surface area contributed by atoms with Crippen molar-refractivity contribution in [1.82, 2.24) is 0 Å². The van der Waals surface area contributed by atoms with E-state index in [1.807, 2.05) is 12.1 Å². The van der Waals surface area contributed by atoms with E-state index in [1.165, 1.54) is 22.3 Å². The molecule has 2 aromatic rings. The van der Waals surface area contributed by atoms with E-state index in [1.54, 1.807) is 7.11 Å². The number of hydrogen-bond donors (Lipinski definition) is 1. The topological polar surface area (TPSA) is 35.2 Å². The number of methoxy groups -OCH3 is 1. The van der Waals surface area contributed by atoms with Crippen molar-refractivity contribution in [2.24, 2.45) is 5.73 Å². The molecule has 2 nitrogen and oxygen atoms in total. The van der Waals surface area contributed by atoms with Crippen molar-refractivity contribution < 1.29 is 4.74 Å². The van der Waals surface area contributed by atoms with Crippen molar-refractivity contribution in [1.29, 1.82) is 0 Å². The minimum Gasteiger partial charge on any atom is -0.497 e. The number of halogens is 1. The van der Waals surface area contributed by atoms with Crippen molar-refractivity contribution >= 4 is 15.9 Å². The van der Waals surface area contributed by atoms with Crippen LogP contribution >= 0.6 is 15.9 Å². The van der Waals surface area contributed by atoms with E-state index < -0.39 is 0 Å². The lowest BCUT2D eigenvalue weighted by atomic mass is 9.95. The fourth-order valence-corrected chi connectivity index (χ4v) is 2.93. The standard InChI is InChI=1S/C18H22BrNO/c1-12-11-17(19)13(2)10-16(12)18(20)9-6-14-4-7-15(21-3)8-5-14/h4-5,7-8,10-11,18H,6,9,20H2,1-3H3. The highest BCUT2D eigenvalue weighted by Crippen LogP contribution is 2.26. The molecule has 1 unspecified atom stereocenters. The largest absolute Gasteiger partial charge is 0.497 e. The molecule has 0 saturated carbocycles. The summed E-state index contributed by atoms with van der Waals surface area (Å²) >= 11 is 3.57. The first kappa shape index (κ1) is 16.1. The number of benzene rings is 2. The SMILES string of the molecule is COc1ccc(CCC(N)c2cc(C)c(Br)cc2C)cc1. The Morgan fingerprint density at radius 1 is 1.10 bits per heavy atom. The molecule has 0 heterocycles. The quantitative estimate of drug-likeness (QED) is 0.850. The zero-order valence-corrected chi connectivity index (χ0v) is 14.4. The van der Waals surface area contributed by atoms with Gasteiger partial charge in [0.25, 0.3) is 0 Å². The molecule has 0 aliphatic carbocycles. The average molecular weight is 348 g/mol. The summed E-state index contributed by atoms with van der Waals surface area (Å²) in [6, 6.07) is 12.6. The van der Waals surface area contributed by atoms with Crippen LogP contribution in [-0.2, 0) is 6.42 Å². The Morgan fingerprint density at radius 2 is 1.76 bits per heavy atom. The van der Waals surface area contributed by atoms with E-state index in [2.05, 4.69) is 54.0 Å². The van der Waals surface area contributed by atoms with E-state index >= 15 is 0 Å². The maximum absolute atomic E-state index is 6.38. The summed E-state index contributed by atoms with van der Waals surface area (Å²) in [5, 5.41) is 0. The monoisotopic (exact) mass is 347 g/mol. The Labute approximate surface area is 135 Å². The highest BCUT2D eigenvalue weighted by Gasteiger charge is 2.11. The summed E-state index contributed by atoms with van der Waals surface area (Å²) in [7, 11) is 1.68. The number of hydrogen-bond acceptors (Lipinski definition) is 2. The molecule has 1 atom stereocenters. The van der Waals surface area contributed by atoms with Gasteiger partial charge in [-0.25, -0.2) is 0 Å². The zero-order chi connectivity index (χ0) is 15.4. The number of ether oxygens (including phenoxy) is 1. The van der Waals surface area contributed by atoms with Gasteiger partial charge in [-0.05, 0) is 67.1 Å². The molecule has 3 heteroatoms. The molecular formula is C18H22BrNO.